The van der Waals surface area contributed by atoms with Crippen molar-refractivity contribution in [3.63, 3.8) is 0 Å². The fourth-order valence-electron chi connectivity index (χ4n) is 1.24. The number of carbonyl (C=O) groups excluding carboxylic acids is 1. The van der Waals surface area contributed by atoms with E-state index in [2.05, 4.69) is 10.5 Å². The number of ether oxygens (including phenoxy) is 1. The van der Waals surface area contributed by atoms with Crippen molar-refractivity contribution in [3.8, 4) is 5.75 Å². The molecule has 1 radical (unpaired) electrons. The molecule has 0 atom stereocenters. The third-order valence-corrected chi connectivity index (χ3v) is 2.63. The van der Waals surface area contributed by atoms with Crippen LogP contribution in [0.15, 0.2) is 23.3 Å². The molecule has 0 aromatic heterocycles. The topological polar surface area (TPSA) is 215 Å². The zero-order valence-corrected chi connectivity index (χ0v) is 17.6. The summed E-state index contributed by atoms with van der Waals surface area (Å²) in [7, 11) is 0. The first-order valence-corrected chi connectivity index (χ1v) is 7.72. The van der Waals surface area contributed by atoms with Crippen LogP contribution in [0.25, 0.3) is 0 Å². The van der Waals surface area contributed by atoms with Crippen LogP contribution in [0.5, 0.6) is 5.75 Å². The summed E-state index contributed by atoms with van der Waals surface area (Å²) >= 11 is 11.7. The molecule has 13 nitrogen and oxygen atoms in total. The van der Waals surface area contributed by atoms with Gasteiger partial charge in [0.05, 0.1) is 21.8 Å². The van der Waals surface area contributed by atoms with E-state index >= 15 is 0 Å². The summed E-state index contributed by atoms with van der Waals surface area (Å²) in [5.74, 6) is 0.431. The molecular weight excluding hydrogens is 486 g/mol. The van der Waals surface area contributed by atoms with Crippen LogP contribution >= 0.6 is 23.2 Å². The number of hydrazone groups is 1. The predicted molar refractivity (Wildman–Crippen MR) is 102 cm³/mol. The largest absolute Gasteiger partial charge is 2.00 e. The number of benzene rings is 1. The molecule has 0 spiro atoms. The molecule has 0 aliphatic carbocycles. The van der Waals surface area contributed by atoms with E-state index in [4.69, 9.17) is 58.6 Å². The van der Waals surface area contributed by atoms with E-state index < -0.39 is 10.2 Å². The van der Waals surface area contributed by atoms with Gasteiger partial charge in [0.1, 0.15) is 5.75 Å². The van der Waals surface area contributed by atoms with Gasteiger partial charge in [-0.05, 0) is 38.5 Å². The van der Waals surface area contributed by atoms with Gasteiger partial charge in [-0.25, -0.2) is 5.43 Å². The first-order valence-electron chi connectivity index (χ1n) is 6.96. The Morgan fingerprint density at radius 3 is 2.03 bits per heavy atom. The van der Waals surface area contributed by atoms with Crippen LogP contribution in [0.1, 0.15) is 26.7 Å². The second-order valence-corrected chi connectivity index (χ2v) is 5.41. The molecule has 16 heteroatoms. The maximum Gasteiger partial charge on any atom is 2.00 e. The second-order valence-electron chi connectivity index (χ2n) is 4.57. The molecule has 1 aromatic carbocycles. The van der Waals surface area contributed by atoms with Crippen molar-refractivity contribution in [3.05, 3.63) is 58.9 Å². The molecule has 0 aliphatic heterocycles. The first-order chi connectivity index (χ1) is 12.5. The molecule has 0 heterocycles. The van der Waals surface area contributed by atoms with E-state index in [-0.39, 0.29) is 28.2 Å². The Morgan fingerprint density at radius 1 is 1.14 bits per heavy atom. The Labute approximate surface area is 185 Å². The van der Waals surface area contributed by atoms with Crippen molar-refractivity contribution >= 4 is 34.8 Å². The van der Waals surface area contributed by atoms with E-state index in [9.17, 15) is 4.79 Å². The summed E-state index contributed by atoms with van der Waals surface area (Å²) in [6, 6.07) is 5.02. The maximum atomic E-state index is 11.4. The number of hydrogen-bond donors (Lipinski definition) is 1. The molecule has 3 N–H and O–H groups in total. The quantitative estimate of drug-likeness (QED) is 0.262. The van der Waals surface area contributed by atoms with E-state index in [0.717, 1.165) is 5.71 Å². The van der Waals surface area contributed by atoms with Crippen molar-refractivity contribution in [2.45, 2.75) is 26.7 Å². The summed E-state index contributed by atoms with van der Waals surface area (Å²) < 4.78 is 5.46. The van der Waals surface area contributed by atoms with Gasteiger partial charge in [0, 0.05) is 17.2 Å². The Hall–Kier alpha value is -2.39. The van der Waals surface area contributed by atoms with Gasteiger partial charge in [0.15, 0.2) is 0 Å². The fraction of sp³-hybridized carbons (Fsp3) is 0.385. The van der Waals surface area contributed by atoms with Crippen LogP contribution in [0.4, 0.5) is 0 Å². The molecule has 1 aromatic rings. The average Bonchev–Trinajstić information content (AvgIpc) is 2.50. The molecule has 29 heavy (non-hydrogen) atoms. The van der Waals surface area contributed by atoms with E-state index in [1.54, 1.807) is 18.2 Å². The minimum atomic E-state index is -1.75. The van der Waals surface area contributed by atoms with Crippen LogP contribution in [0.2, 0.25) is 10.0 Å². The number of nitrogens with one attached hydrogen (secondary N) is 1. The van der Waals surface area contributed by atoms with Crippen LogP contribution < -0.4 is 10.2 Å². The standard InChI is InChI=1S/C13H16Cl2N2O2.Co.2NO3.H2O/c1-9(2)16-17-13(18)4-3-7-19-12-6-5-10(14)8-11(12)15;;2*2-1(3)4;/h5-6,8H,3-4,7H2,1-2H3,(H,17,18);;;;1H2/q;+2;2*-1;. The number of carbonyl (C=O) groups is 1. The molecule has 0 unspecified atom stereocenters. The van der Waals surface area contributed by atoms with Crippen molar-refractivity contribution in [1.29, 1.82) is 0 Å². The number of rotatable bonds is 6. The van der Waals surface area contributed by atoms with Gasteiger partial charge in [-0.1, -0.05) is 23.2 Å². The van der Waals surface area contributed by atoms with Crippen molar-refractivity contribution in [2.24, 2.45) is 5.10 Å². The van der Waals surface area contributed by atoms with Gasteiger partial charge in [0.2, 0.25) is 5.91 Å². The predicted octanol–water partition coefficient (Wildman–Crippen LogP) is 2.36. The third-order valence-electron chi connectivity index (χ3n) is 2.10. The molecule has 0 aliphatic rings. The zero-order valence-electron chi connectivity index (χ0n) is 15.1. The molecule has 0 saturated carbocycles. The number of hydrogen-bond acceptors (Lipinski definition) is 9. The van der Waals surface area contributed by atoms with Crippen LogP contribution in [-0.2, 0) is 21.6 Å². The molecule has 167 valence electrons. The minimum absolute atomic E-state index is 0. The first kappa shape index (κ1) is 34.1. The smallest absolute Gasteiger partial charge is 0.492 e. The minimum Gasteiger partial charge on any atom is -0.492 e. The molecule has 0 fully saturated rings. The van der Waals surface area contributed by atoms with Gasteiger partial charge >= 0.3 is 16.8 Å². The van der Waals surface area contributed by atoms with Crippen molar-refractivity contribution in [2.75, 3.05) is 6.61 Å². The third kappa shape index (κ3) is 27.9. The van der Waals surface area contributed by atoms with Gasteiger partial charge in [-0.3, -0.25) is 4.79 Å². The monoisotopic (exact) mass is 503 g/mol. The summed E-state index contributed by atoms with van der Waals surface area (Å²) in [6.07, 6.45) is 0.936. The van der Waals surface area contributed by atoms with Gasteiger partial charge in [-0.15, -0.1) is 0 Å². The molecule has 0 saturated heterocycles. The second kappa shape index (κ2) is 20.3. The SMILES string of the molecule is CC(C)=NNC(=O)CCCOc1ccc(Cl)cc1Cl.O.O=[N+]([O-])[O-].O=[N+]([O-])[O-].[Co+2]. The van der Waals surface area contributed by atoms with E-state index in [0.29, 0.717) is 35.2 Å². The summed E-state index contributed by atoms with van der Waals surface area (Å²) in [4.78, 5) is 27.9. The van der Waals surface area contributed by atoms with Crippen LogP contribution in [0, 0.1) is 30.6 Å². The van der Waals surface area contributed by atoms with Gasteiger partial charge in [-0.2, -0.15) is 5.10 Å². The van der Waals surface area contributed by atoms with Gasteiger partial charge in [0.25, 0.3) is 0 Å². The van der Waals surface area contributed by atoms with Crippen molar-refractivity contribution in [1.82, 2.24) is 5.43 Å². The number of halogens is 2. The zero-order chi connectivity index (χ0) is 21.4. The molecule has 1 amide bonds. The maximum absolute atomic E-state index is 11.4. The van der Waals surface area contributed by atoms with Gasteiger partial charge < -0.3 is 40.9 Å². The molecule has 1 rings (SSSR count). The average molecular weight is 504 g/mol. The Bertz CT molecular complexity index is 641. The summed E-state index contributed by atoms with van der Waals surface area (Å²) in [5.41, 5.74) is 3.25. The Morgan fingerprint density at radius 2 is 1.62 bits per heavy atom. The normalized spacial score (nSPS) is 8.14. The van der Waals surface area contributed by atoms with Crippen molar-refractivity contribution < 1.29 is 42.0 Å². The number of nitrogens with zero attached hydrogens (tertiary/aromatic N) is 3. The fourth-order valence-corrected chi connectivity index (χ4v) is 1.70. The van der Waals surface area contributed by atoms with Crippen LogP contribution in [0.3, 0.4) is 0 Å². The van der Waals surface area contributed by atoms with E-state index in [1.807, 2.05) is 13.8 Å². The summed E-state index contributed by atoms with van der Waals surface area (Å²) in [5, 5.41) is 34.3. The Kier molecular flexibility index (Phi) is 23.9. The Balaban J connectivity index is -0.000000267. The van der Waals surface area contributed by atoms with Crippen LogP contribution in [-0.4, -0.2) is 33.9 Å². The summed E-state index contributed by atoms with van der Waals surface area (Å²) in [6.45, 7) is 4.03. The molecular formula is C13H18Cl2CoN4O9. The number of amides is 1. The van der Waals surface area contributed by atoms with E-state index in [1.165, 1.54) is 0 Å². The molecule has 0 bridgehead atoms.